The third-order valence-electron chi connectivity index (χ3n) is 4.38. The second-order valence-electron chi connectivity index (χ2n) is 8.44. The lowest BCUT2D eigenvalue weighted by Crippen LogP contribution is -2.64. The van der Waals surface area contributed by atoms with Crippen LogP contribution in [0.4, 0.5) is 4.79 Å². The molecule has 1 heterocycles. The van der Waals surface area contributed by atoms with Gasteiger partial charge in [0.15, 0.2) is 0 Å². The van der Waals surface area contributed by atoms with Gasteiger partial charge >= 0.3 is 6.09 Å². The van der Waals surface area contributed by atoms with Crippen molar-refractivity contribution < 1.29 is 24.2 Å². The van der Waals surface area contributed by atoms with Gasteiger partial charge in [0, 0.05) is 13.0 Å². The van der Waals surface area contributed by atoms with Crippen molar-refractivity contribution in [2.45, 2.75) is 89.9 Å². The van der Waals surface area contributed by atoms with Crippen molar-refractivity contribution in [3.63, 3.8) is 0 Å². The standard InChI is InChI=1S/C21H37N3O5/c1-20(2,3)29-19(27)23-16-21(28)18(26)22-15-13-11-9-7-5-4-6-8-10-12-14-17(25)24-21/h5,7,28H,4,6,8-16H2,1-3H3,(H,22,26)(H,23,27)(H,24,25)/b7-5-/t21-/m0/s1. The van der Waals surface area contributed by atoms with Crippen molar-refractivity contribution in [1.29, 1.82) is 0 Å². The molecular weight excluding hydrogens is 374 g/mol. The largest absolute Gasteiger partial charge is 0.444 e. The monoisotopic (exact) mass is 411 g/mol. The summed E-state index contributed by atoms with van der Waals surface area (Å²) in [6.45, 7) is 5.01. The molecule has 1 rings (SSSR count). The number of amides is 3. The number of nitrogens with one attached hydrogen (secondary N) is 3. The molecule has 166 valence electrons. The van der Waals surface area contributed by atoms with Crippen molar-refractivity contribution in [1.82, 2.24) is 16.0 Å². The molecule has 0 bridgehead atoms. The zero-order valence-corrected chi connectivity index (χ0v) is 18.0. The van der Waals surface area contributed by atoms with E-state index in [1.807, 2.05) is 0 Å². The molecule has 0 radical (unpaired) electrons. The molecule has 0 saturated carbocycles. The number of rotatable bonds is 2. The third kappa shape index (κ3) is 11.5. The van der Waals surface area contributed by atoms with E-state index in [4.69, 9.17) is 4.74 Å². The topological polar surface area (TPSA) is 117 Å². The number of alkyl carbamates (subject to hydrolysis) is 1. The highest BCUT2D eigenvalue weighted by Gasteiger charge is 2.38. The molecule has 0 fully saturated rings. The van der Waals surface area contributed by atoms with Crippen LogP contribution in [-0.2, 0) is 14.3 Å². The molecule has 1 aliphatic rings. The van der Waals surface area contributed by atoms with Crippen LogP contribution in [0, 0.1) is 0 Å². The second kappa shape index (κ2) is 12.5. The van der Waals surface area contributed by atoms with E-state index in [1.54, 1.807) is 20.8 Å². The Labute approximate surface area is 173 Å². The smallest absolute Gasteiger partial charge is 0.407 e. The summed E-state index contributed by atoms with van der Waals surface area (Å²) in [7, 11) is 0. The van der Waals surface area contributed by atoms with Crippen LogP contribution >= 0.6 is 0 Å². The summed E-state index contributed by atoms with van der Waals surface area (Å²) < 4.78 is 5.13. The first-order chi connectivity index (χ1) is 13.6. The molecule has 0 aromatic heterocycles. The molecule has 0 saturated heterocycles. The van der Waals surface area contributed by atoms with Gasteiger partial charge in [0.2, 0.25) is 11.6 Å². The van der Waals surface area contributed by atoms with Crippen LogP contribution in [0.5, 0.6) is 0 Å². The van der Waals surface area contributed by atoms with Crippen LogP contribution in [0.3, 0.4) is 0 Å². The minimum Gasteiger partial charge on any atom is -0.444 e. The number of allylic oxidation sites excluding steroid dienone is 2. The predicted molar refractivity (Wildman–Crippen MR) is 111 cm³/mol. The Morgan fingerprint density at radius 2 is 1.72 bits per heavy atom. The number of carbonyl (C=O) groups is 3. The van der Waals surface area contributed by atoms with Gasteiger partial charge in [-0.25, -0.2) is 4.79 Å². The van der Waals surface area contributed by atoms with Gasteiger partial charge in [-0.2, -0.15) is 0 Å². The van der Waals surface area contributed by atoms with Crippen molar-refractivity contribution in [3.8, 4) is 0 Å². The Balaban J connectivity index is 2.74. The van der Waals surface area contributed by atoms with E-state index in [2.05, 4.69) is 28.1 Å². The molecule has 1 atom stereocenters. The first kappa shape index (κ1) is 24.9. The van der Waals surface area contributed by atoms with Gasteiger partial charge in [-0.15, -0.1) is 0 Å². The van der Waals surface area contributed by atoms with E-state index < -0.39 is 35.8 Å². The van der Waals surface area contributed by atoms with Crippen LogP contribution in [0.15, 0.2) is 12.2 Å². The highest BCUT2D eigenvalue weighted by molar-refractivity contribution is 5.90. The maximum absolute atomic E-state index is 12.5. The fraction of sp³-hybridized carbons (Fsp3) is 0.762. The molecule has 0 aliphatic carbocycles. The zero-order valence-electron chi connectivity index (χ0n) is 18.0. The fourth-order valence-corrected chi connectivity index (χ4v) is 2.86. The van der Waals surface area contributed by atoms with Gasteiger partial charge < -0.3 is 25.8 Å². The van der Waals surface area contributed by atoms with Gasteiger partial charge in [0.1, 0.15) is 5.60 Å². The van der Waals surface area contributed by atoms with E-state index in [0.29, 0.717) is 13.0 Å². The predicted octanol–water partition coefficient (Wildman–Crippen LogP) is 2.51. The average Bonchev–Trinajstić information content (AvgIpc) is 2.61. The molecule has 0 aromatic carbocycles. The van der Waals surface area contributed by atoms with Crippen LogP contribution in [-0.4, -0.2) is 47.4 Å². The Morgan fingerprint density at radius 1 is 1.10 bits per heavy atom. The molecule has 29 heavy (non-hydrogen) atoms. The summed E-state index contributed by atoms with van der Waals surface area (Å²) in [4.78, 5) is 36.7. The Bertz CT molecular complexity index is 571. The zero-order chi connectivity index (χ0) is 21.8. The van der Waals surface area contributed by atoms with Crippen LogP contribution in [0.1, 0.15) is 78.6 Å². The van der Waals surface area contributed by atoms with E-state index in [-0.39, 0.29) is 6.42 Å². The number of hydrogen-bond acceptors (Lipinski definition) is 5. The normalized spacial score (nSPS) is 24.6. The van der Waals surface area contributed by atoms with Gasteiger partial charge in [0.05, 0.1) is 6.54 Å². The molecule has 0 unspecified atom stereocenters. The van der Waals surface area contributed by atoms with E-state index >= 15 is 0 Å². The van der Waals surface area contributed by atoms with Crippen molar-refractivity contribution >= 4 is 17.9 Å². The van der Waals surface area contributed by atoms with E-state index in [9.17, 15) is 19.5 Å². The van der Waals surface area contributed by atoms with E-state index in [1.165, 1.54) is 0 Å². The Hall–Kier alpha value is -2.09. The van der Waals surface area contributed by atoms with Crippen molar-refractivity contribution in [2.75, 3.05) is 13.1 Å². The molecule has 1 aliphatic heterocycles. The lowest BCUT2D eigenvalue weighted by Gasteiger charge is -2.29. The average molecular weight is 412 g/mol. The van der Waals surface area contributed by atoms with Gasteiger partial charge in [-0.05, 0) is 59.3 Å². The van der Waals surface area contributed by atoms with Crippen LogP contribution in [0.2, 0.25) is 0 Å². The summed E-state index contributed by atoms with van der Waals surface area (Å²) in [5.74, 6) is -1.18. The maximum Gasteiger partial charge on any atom is 0.407 e. The second-order valence-corrected chi connectivity index (χ2v) is 8.44. The molecular formula is C21H37N3O5. The van der Waals surface area contributed by atoms with Crippen molar-refractivity contribution in [3.05, 3.63) is 12.2 Å². The van der Waals surface area contributed by atoms with Crippen LogP contribution in [0.25, 0.3) is 0 Å². The van der Waals surface area contributed by atoms with E-state index in [0.717, 1.165) is 44.9 Å². The maximum atomic E-state index is 12.5. The number of carbonyl (C=O) groups excluding carboxylic acids is 3. The number of aliphatic hydroxyl groups is 1. The van der Waals surface area contributed by atoms with Crippen molar-refractivity contribution in [2.24, 2.45) is 0 Å². The molecule has 3 amide bonds. The first-order valence-corrected chi connectivity index (χ1v) is 10.6. The lowest BCUT2D eigenvalue weighted by molar-refractivity contribution is -0.149. The molecule has 8 nitrogen and oxygen atoms in total. The molecule has 4 N–H and O–H groups in total. The highest BCUT2D eigenvalue weighted by atomic mass is 16.6. The van der Waals surface area contributed by atoms with Gasteiger partial charge in [-0.1, -0.05) is 25.0 Å². The SMILES string of the molecule is CC(C)(C)OC(=O)NC[C@@]1(O)NC(=O)CCCCCC/C=C\CCCCNC1=O. The number of ether oxygens (including phenoxy) is 1. The minimum atomic E-state index is -2.23. The molecule has 8 heteroatoms. The summed E-state index contributed by atoms with van der Waals surface area (Å²) >= 11 is 0. The Kier molecular flexibility index (Phi) is 10.7. The fourth-order valence-electron chi connectivity index (χ4n) is 2.86. The quantitative estimate of drug-likeness (QED) is 0.521. The minimum absolute atomic E-state index is 0.206. The first-order valence-electron chi connectivity index (χ1n) is 10.6. The third-order valence-corrected chi connectivity index (χ3v) is 4.38. The number of hydrogen-bond donors (Lipinski definition) is 4. The lowest BCUT2D eigenvalue weighted by atomic mass is 10.1. The summed E-state index contributed by atoms with van der Waals surface area (Å²) in [6, 6.07) is 0. The van der Waals surface area contributed by atoms with Gasteiger partial charge in [-0.3, -0.25) is 9.59 Å². The van der Waals surface area contributed by atoms with Crippen LogP contribution < -0.4 is 16.0 Å². The summed E-state index contributed by atoms with van der Waals surface area (Å²) in [6.07, 6.45) is 11.1. The Morgan fingerprint density at radius 3 is 2.38 bits per heavy atom. The summed E-state index contributed by atoms with van der Waals surface area (Å²) in [5.41, 5.74) is -2.95. The molecule has 0 aromatic rings. The highest BCUT2D eigenvalue weighted by Crippen LogP contribution is 2.10. The molecule has 0 spiro atoms. The summed E-state index contributed by atoms with van der Waals surface area (Å²) in [5, 5.41) is 18.2. The van der Waals surface area contributed by atoms with Gasteiger partial charge in [0.25, 0.3) is 5.91 Å².